The van der Waals surface area contributed by atoms with Crippen molar-refractivity contribution in [1.29, 1.82) is 0 Å². The van der Waals surface area contributed by atoms with Crippen molar-refractivity contribution in [1.82, 2.24) is 14.9 Å². The number of thioether (sulfide) groups is 1. The molecule has 1 fully saturated rings. The van der Waals surface area contributed by atoms with E-state index in [0.717, 1.165) is 35.4 Å². The van der Waals surface area contributed by atoms with Crippen LogP contribution in [-0.4, -0.2) is 47.0 Å². The number of hydrogen-bond donors (Lipinski definition) is 0. The number of carbonyl (C=O) groups is 1. The number of hydrogen-bond acceptors (Lipinski definition) is 6. The van der Waals surface area contributed by atoms with E-state index < -0.39 is 0 Å². The number of carbonyl (C=O) groups excluding carboxylic acids is 1. The molecule has 4 rings (SSSR count). The Labute approximate surface area is 174 Å². The average molecular weight is 409 g/mol. The first kappa shape index (κ1) is 19.5. The summed E-state index contributed by atoms with van der Waals surface area (Å²) in [6.07, 6.45) is 0. The van der Waals surface area contributed by atoms with Crippen molar-refractivity contribution in [2.24, 2.45) is 0 Å². The number of furan rings is 1. The topological polar surface area (TPSA) is 62.5 Å². The van der Waals surface area contributed by atoms with Gasteiger partial charge in [-0.3, -0.25) is 4.79 Å². The van der Waals surface area contributed by atoms with E-state index in [2.05, 4.69) is 27.0 Å². The zero-order chi connectivity index (χ0) is 20.2. The van der Waals surface area contributed by atoms with Gasteiger partial charge in [-0.2, -0.15) is 0 Å². The van der Waals surface area contributed by atoms with Gasteiger partial charge in [-0.15, -0.1) is 0 Å². The van der Waals surface area contributed by atoms with E-state index in [1.54, 1.807) is 6.07 Å². The fraction of sp³-hybridized carbons (Fsp3) is 0.318. The highest BCUT2D eigenvalue weighted by Crippen LogP contribution is 2.23. The van der Waals surface area contributed by atoms with E-state index in [0.29, 0.717) is 24.6 Å². The van der Waals surface area contributed by atoms with Gasteiger partial charge in [-0.1, -0.05) is 30.0 Å². The lowest BCUT2D eigenvalue weighted by Gasteiger charge is -2.35. The molecule has 1 amide bonds. The average Bonchev–Trinajstić information content (AvgIpc) is 3.21. The van der Waals surface area contributed by atoms with Gasteiger partial charge in [-0.05, 0) is 44.2 Å². The van der Waals surface area contributed by atoms with Crippen molar-refractivity contribution in [3.63, 3.8) is 0 Å². The highest BCUT2D eigenvalue weighted by atomic mass is 32.2. The molecular weight excluding hydrogens is 384 g/mol. The summed E-state index contributed by atoms with van der Waals surface area (Å²) in [5.41, 5.74) is 3.10. The van der Waals surface area contributed by atoms with Crippen LogP contribution in [0.1, 0.15) is 27.7 Å². The van der Waals surface area contributed by atoms with E-state index in [1.165, 1.54) is 17.4 Å². The summed E-state index contributed by atoms with van der Waals surface area (Å²) in [4.78, 5) is 25.8. The van der Waals surface area contributed by atoms with Gasteiger partial charge in [0, 0.05) is 43.3 Å². The molecule has 1 saturated heterocycles. The molecule has 0 saturated carbocycles. The lowest BCUT2D eigenvalue weighted by atomic mass is 10.2. The smallest absolute Gasteiger partial charge is 0.289 e. The molecule has 7 heteroatoms. The fourth-order valence-electron chi connectivity index (χ4n) is 3.43. The van der Waals surface area contributed by atoms with Crippen LogP contribution in [0.15, 0.2) is 58.1 Å². The third-order valence-corrected chi connectivity index (χ3v) is 5.74. The number of para-hydroxylation sites is 1. The third kappa shape index (κ3) is 4.79. The maximum atomic E-state index is 12.8. The molecule has 0 atom stereocenters. The minimum atomic E-state index is -0.0448. The maximum absolute atomic E-state index is 12.8. The molecule has 3 heterocycles. The second kappa shape index (κ2) is 8.69. The summed E-state index contributed by atoms with van der Waals surface area (Å²) in [7, 11) is 0. The molecule has 0 spiro atoms. The number of nitrogens with zero attached hydrogens (tertiary/aromatic N) is 4. The van der Waals surface area contributed by atoms with Gasteiger partial charge in [-0.25, -0.2) is 9.97 Å². The number of amides is 1. The van der Waals surface area contributed by atoms with Crippen molar-refractivity contribution in [3.8, 4) is 0 Å². The first-order valence-corrected chi connectivity index (χ1v) is 10.7. The Morgan fingerprint density at radius 2 is 1.69 bits per heavy atom. The lowest BCUT2D eigenvalue weighted by Crippen LogP contribution is -2.48. The quantitative estimate of drug-likeness (QED) is 0.471. The number of aryl methyl sites for hydroxylation is 2. The van der Waals surface area contributed by atoms with Crippen LogP contribution in [0.2, 0.25) is 0 Å². The fourth-order valence-corrected chi connectivity index (χ4v) is 4.27. The van der Waals surface area contributed by atoms with Crippen molar-refractivity contribution in [2.45, 2.75) is 24.8 Å². The van der Waals surface area contributed by atoms with Gasteiger partial charge >= 0.3 is 0 Å². The van der Waals surface area contributed by atoms with Crippen molar-refractivity contribution in [2.75, 3.05) is 31.1 Å². The zero-order valence-corrected chi connectivity index (χ0v) is 17.5. The monoisotopic (exact) mass is 408 g/mol. The van der Waals surface area contributed by atoms with Crippen molar-refractivity contribution >= 4 is 23.4 Å². The SMILES string of the molecule is Cc1cc(C)nc(SCc2ccc(C(=O)N3CCN(c4ccccc4)CC3)o2)n1. The summed E-state index contributed by atoms with van der Waals surface area (Å²) in [6, 6.07) is 15.9. The zero-order valence-electron chi connectivity index (χ0n) is 16.7. The van der Waals surface area contributed by atoms with Crippen LogP contribution in [0.25, 0.3) is 0 Å². The molecule has 29 heavy (non-hydrogen) atoms. The Kier molecular flexibility index (Phi) is 5.85. The van der Waals surface area contributed by atoms with E-state index in [-0.39, 0.29) is 5.91 Å². The van der Waals surface area contributed by atoms with Crippen molar-refractivity contribution < 1.29 is 9.21 Å². The van der Waals surface area contributed by atoms with E-state index in [1.807, 2.05) is 49.1 Å². The van der Waals surface area contributed by atoms with E-state index >= 15 is 0 Å². The maximum Gasteiger partial charge on any atom is 0.289 e. The van der Waals surface area contributed by atoms with Crippen molar-refractivity contribution in [3.05, 3.63) is 71.4 Å². The minimum absolute atomic E-state index is 0.0448. The van der Waals surface area contributed by atoms with Crippen LogP contribution in [0, 0.1) is 13.8 Å². The summed E-state index contributed by atoms with van der Waals surface area (Å²) in [6.45, 7) is 6.94. The van der Waals surface area contributed by atoms with Crippen LogP contribution < -0.4 is 4.90 Å². The molecule has 0 unspecified atom stereocenters. The highest BCUT2D eigenvalue weighted by molar-refractivity contribution is 7.98. The molecule has 1 aliphatic heterocycles. The van der Waals surface area contributed by atoms with Crippen LogP contribution in [0.5, 0.6) is 0 Å². The standard InChI is InChI=1S/C22H24N4O2S/c1-16-14-17(2)24-22(23-16)29-15-19-8-9-20(28-19)21(27)26-12-10-25(11-13-26)18-6-4-3-5-7-18/h3-9,14H,10-13,15H2,1-2H3. The number of aromatic nitrogens is 2. The molecule has 0 radical (unpaired) electrons. The van der Waals surface area contributed by atoms with E-state index in [9.17, 15) is 4.79 Å². The second-order valence-corrected chi connectivity index (χ2v) is 8.05. The third-order valence-electron chi connectivity index (χ3n) is 4.87. The Balaban J connectivity index is 1.33. The summed E-state index contributed by atoms with van der Waals surface area (Å²) in [5, 5.41) is 0.726. The Bertz CT molecular complexity index is 961. The molecule has 1 aliphatic rings. The summed E-state index contributed by atoms with van der Waals surface area (Å²) in [5.74, 6) is 1.70. The molecule has 0 bridgehead atoms. The second-order valence-electron chi connectivity index (χ2n) is 7.10. The normalized spacial score (nSPS) is 14.3. The number of benzene rings is 1. The predicted octanol–water partition coefficient (Wildman–Crippen LogP) is 3.94. The number of rotatable bonds is 5. The largest absolute Gasteiger partial charge is 0.455 e. The van der Waals surface area contributed by atoms with Crippen LogP contribution in [-0.2, 0) is 5.75 Å². The van der Waals surface area contributed by atoms with Gasteiger partial charge in [0.2, 0.25) is 0 Å². The Hall–Kier alpha value is -2.80. The summed E-state index contributed by atoms with van der Waals surface area (Å²) < 4.78 is 5.81. The van der Waals surface area contributed by atoms with Gasteiger partial charge in [0.15, 0.2) is 10.9 Å². The number of anilines is 1. The molecule has 0 aliphatic carbocycles. The van der Waals surface area contributed by atoms with E-state index in [4.69, 9.17) is 4.42 Å². The molecule has 0 N–H and O–H groups in total. The molecule has 150 valence electrons. The molecular formula is C22H24N4O2S. The Morgan fingerprint density at radius 1 is 1.00 bits per heavy atom. The number of piperazine rings is 1. The van der Waals surface area contributed by atoms with Gasteiger partial charge in [0.05, 0.1) is 5.75 Å². The molecule has 2 aromatic heterocycles. The first-order chi connectivity index (χ1) is 14.1. The van der Waals surface area contributed by atoms with Gasteiger partial charge in [0.1, 0.15) is 5.76 Å². The Morgan fingerprint density at radius 3 is 2.38 bits per heavy atom. The first-order valence-electron chi connectivity index (χ1n) is 9.71. The summed E-state index contributed by atoms with van der Waals surface area (Å²) >= 11 is 1.51. The van der Waals surface area contributed by atoms with Gasteiger partial charge < -0.3 is 14.2 Å². The lowest BCUT2D eigenvalue weighted by molar-refractivity contribution is 0.0713. The molecule has 3 aromatic rings. The van der Waals surface area contributed by atoms with Crippen LogP contribution in [0.4, 0.5) is 5.69 Å². The van der Waals surface area contributed by atoms with Gasteiger partial charge in [0.25, 0.3) is 5.91 Å². The molecule has 6 nitrogen and oxygen atoms in total. The molecule has 1 aromatic carbocycles. The van der Waals surface area contributed by atoms with Crippen LogP contribution in [0.3, 0.4) is 0 Å². The predicted molar refractivity (Wildman–Crippen MR) is 114 cm³/mol. The minimum Gasteiger partial charge on any atom is -0.455 e. The highest BCUT2D eigenvalue weighted by Gasteiger charge is 2.24. The van der Waals surface area contributed by atoms with Crippen LogP contribution >= 0.6 is 11.8 Å².